The second-order valence-corrected chi connectivity index (χ2v) is 7.18. The topological polar surface area (TPSA) is 113 Å². The largest absolute Gasteiger partial charge is 0.493 e. The molecule has 1 amide bonds. The molecule has 0 spiro atoms. The van der Waals surface area contributed by atoms with Gasteiger partial charge < -0.3 is 9.30 Å². The highest BCUT2D eigenvalue weighted by molar-refractivity contribution is 6.02. The molecular formula is C22H22N6O4. The van der Waals surface area contributed by atoms with Gasteiger partial charge in [0.15, 0.2) is 5.52 Å². The summed E-state index contributed by atoms with van der Waals surface area (Å²) in [5.74, 6) is 0.225. The first-order valence-electron chi connectivity index (χ1n) is 9.99. The van der Waals surface area contributed by atoms with Gasteiger partial charge in [-0.05, 0) is 23.8 Å². The van der Waals surface area contributed by atoms with Gasteiger partial charge >= 0.3 is 5.69 Å². The SMILES string of the molecule is CCOc1ccc2ccccc2c1/C=N/NC(=O)Cn1cnc2c(=O)n(C)c(=O)n(C)c21. The summed E-state index contributed by atoms with van der Waals surface area (Å²) < 4.78 is 9.40. The van der Waals surface area contributed by atoms with Crippen LogP contribution in [0.3, 0.4) is 0 Å². The smallest absolute Gasteiger partial charge is 0.332 e. The lowest BCUT2D eigenvalue weighted by molar-refractivity contribution is -0.121. The molecule has 0 fully saturated rings. The van der Waals surface area contributed by atoms with Gasteiger partial charge in [-0.3, -0.25) is 18.7 Å². The number of nitrogens with zero attached hydrogens (tertiary/aromatic N) is 5. The van der Waals surface area contributed by atoms with Crippen molar-refractivity contribution < 1.29 is 9.53 Å². The molecule has 0 radical (unpaired) electrons. The Bertz CT molecular complexity index is 1480. The Labute approximate surface area is 182 Å². The van der Waals surface area contributed by atoms with E-state index in [2.05, 4.69) is 15.5 Å². The monoisotopic (exact) mass is 434 g/mol. The van der Waals surface area contributed by atoms with Gasteiger partial charge in [0.1, 0.15) is 17.9 Å². The van der Waals surface area contributed by atoms with E-state index >= 15 is 0 Å². The highest BCUT2D eigenvalue weighted by Gasteiger charge is 2.15. The van der Waals surface area contributed by atoms with Crippen molar-refractivity contribution in [3.05, 3.63) is 69.1 Å². The number of aromatic nitrogens is 4. The van der Waals surface area contributed by atoms with Gasteiger partial charge in [0.2, 0.25) is 0 Å². The van der Waals surface area contributed by atoms with Gasteiger partial charge in [0.25, 0.3) is 11.5 Å². The number of amides is 1. The standard InChI is InChI=1S/C22H22N6O4/c1-4-32-17-10-9-14-7-5-6-8-15(14)16(17)11-24-25-18(29)12-28-13-23-19-20(28)26(2)22(31)27(3)21(19)30/h5-11,13H,4,12H2,1-3H3,(H,25,29)/b24-11+. The summed E-state index contributed by atoms with van der Waals surface area (Å²) in [6.07, 6.45) is 2.90. The van der Waals surface area contributed by atoms with Crippen molar-refractivity contribution in [1.29, 1.82) is 0 Å². The molecule has 10 heteroatoms. The number of benzene rings is 2. The third-order valence-electron chi connectivity index (χ3n) is 5.14. The zero-order valence-electron chi connectivity index (χ0n) is 17.9. The van der Waals surface area contributed by atoms with Gasteiger partial charge in [-0.25, -0.2) is 15.2 Å². The Morgan fingerprint density at radius 1 is 1.16 bits per heavy atom. The van der Waals surface area contributed by atoms with Crippen molar-refractivity contribution >= 4 is 34.1 Å². The molecule has 0 atom stereocenters. The Morgan fingerprint density at radius 2 is 1.94 bits per heavy atom. The molecule has 4 aromatic rings. The second-order valence-electron chi connectivity index (χ2n) is 7.18. The summed E-state index contributed by atoms with van der Waals surface area (Å²) in [4.78, 5) is 41.0. The molecule has 10 nitrogen and oxygen atoms in total. The number of fused-ring (bicyclic) bond motifs is 2. The number of hydrogen-bond donors (Lipinski definition) is 1. The van der Waals surface area contributed by atoms with Gasteiger partial charge in [-0.15, -0.1) is 0 Å². The van der Waals surface area contributed by atoms with Crippen LogP contribution in [-0.2, 0) is 25.4 Å². The molecule has 2 heterocycles. The lowest BCUT2D eigenvalue weighted by Gasteiger charge is -2.10. The number of hydrazone groups is 1. The number of aryl methyl sites for hydroxylation is 1. The van der Waals surface area contributed by atoms with Crippen LogP contribution in [0, 0.1) is 0 Å². The molecule has 2 aromatic heterocycles. The number of hydrogen-bond acceptors (Lipinski definition) is 6. The Morgan fingerprint density at radius 3 is 2.72 bits per heavy atom. The minimum atomic E-state index is -0.514. The fraction of sp³-hybridized carbons (Fsp3) is 0.227. The van der Waals surface area contributed by atoms with Gasteiger partial charge in [-0.2, -0.15) is 5.10 Å². The molecule has 0 aliphatic heterocycles. The minimum Gasteiger partial charge on any atom is -0.493 e. The lowest BCUT2D eigenvalue weighted by atomic mass is 10.0. The molecule has 0 bridgehead atoms. The van der Waals surface area contributed by atoms with E-state index in [9.17, 15) is 14.4 Å². The van der Waals surface area contributed by atoms with Crippen molar-refractivity contribution in [3.63, 3.8) is 0 Å². The molecule has 2 aromatic carbocycles. The summed E-state index contributed by atoms with van der Waals surface area (Å²) in [5.41, 5.74) is 2.61. The van der Waals surface area contributed by atoms with Gasteiger partial charge in [0, 0.05) is 19.7 Å². The molecule has 1 N–H and O–H groups in total. The number of imidazole rings is 1. The highest BCUT2D eigenvalue weighted by atomic mass is 16.5. The van der Waals surface area contributed by atoms with Crippen molar-refractivity contribution in [2.24, 2.45) is 19.2 Å². The number of carbonyl (C=O) groups is 1. The van der Waals surface area contributed by atoms with Crippen LogP contribution in [0.25, 0.3) is 21.9 Å². The third-order valence-corrected chi connectivity index (χ3v) is 5.14. The maximum atomic E-state index is 12.5. The maximum Gasteiger partial charge on any atom is 0.332 e. The zero-order valence-corrected chi connectivity index (χ0v) is 17.9. The number of nitrogens with one attached hydrogen (secondary N) is 1. The molecule has 0 aliphatic rings. The Balaban J connectivity index is 1.59. The van der Waals surface area contributed by atoms with E-state index in [4.69, 9.17) is 4.74 Å². The van der Waals surface area contributed by atoms with E-state index in [0.29, 0.717) is 12.4 Å². The van der Waals surface area contributed by atoms with E-state index < -0.39 is 17.2 Å². The molecule has 0 saturated heterocycles. The van der Waals surface area contributed by atoms with Crippen molar-refractivity contribution in [2.45, 2.75) is 13.5 Å². The van der Waals surface area contributed by atoms with Crippen LogP contribution >= 0.6 is 0 Å². The van der Waals surface area contributed by atoms with E-state index in [1.54, 1.807) is 6.21 Å². The van der Waals surface area contributed by atoms with E-state index in [1.807, 2.05) is 43.3 Å². The Hall–Kier alpha value is -4.21. The second kappa shape index (κ2) is 8.50. The number of rotatable bonds is 6. The van der Waals surface area contributed by atoms with E-state index in [1.165, 1.54) is 29.6 Å². The van der Waals surface area contributed by atoms with Crippen LogP contribution < -0.4 is 21.4 Å². The molecular weight excluding hydrogens is 412 g/mol. The molecule has 164 valence electrons. The average molecular weight is 434 g/mol. The first-order chi connectivity index (χ1) is 15.4. The Kier molecular flexibility index (Phi) is 5.59. The first kappa shape index (κ1) is 21.0. The lowest BCUT2D eigenvalue weighted by Crippen LogP contribution is -2.37. The van der Waals surface area contributed by atoms with Crippen LogP contribution in [0.4, 0.5) is 0 Å². The summed E-state index contributed by atoms with van der Waals surface area (Å²) in [5, 5.41) is 6.07. The summed E-state index contributed by atoms with van der Waals surface area (Å²) >= 11 is 0. The summed E-state index contributed by atoms with van der Waals surface area (Å²) in [6, 6.07) is 11.6. The quantitative estimate of drug-likeness (QED) is 0.361. The average Bonchev–Trinajstić information content (AvgIpc) is 3.21. The van der Waals surface area contributed by atoms with Crippen LogP contribution in [0.5, 0.6) is 5.75 Å². The molecule has 0 saturated carbocycles. The predicted molar refractivity (Wildman–Crippen MR) is 121 cm³/mol. The van der Waals surface area contributed by atoms with Crippen LogP contribution in [0.15, 0.2) is 57.4 Å². The van der Waals surface area contributed by atoms with Gasteiger partial charge in [-0.1, -0.05) is 30.3 Å². The highest BCUT2D eigenvalue weighted by Crippen LogP contribution is 2.26. The van der Waals surface area contributed by atoms with Crippen molar-refractivity contribution in [3.8, 4) is 5.75 Å². The minimum absolute atomic E-state index is 0.114. The maximum absolute atomic E-state index is 12.5. The first-order valence-corrected chi connectivity index (χ1v) is 9.99. The number of carbonyl (C=O) groups excluding carboxylic acids is 1. The molecule has 0 aliphatic carbocycles. The normalized spacial score (nSPS) is 11.5. The predicted octanol–water partition coefficient (Wildman–Crippen LogP) is 1.14. The van der Waals surface area contributed by atoms with Crippen LogP contribution in [-0.4, -0.2) is 37.4 Å². The molecule has 0 unspecified atom stereocenters. The zero-order chi connectivity index (χ0) is 22.8. The summed E-state index contributed by atoms with van der Waals surface area (Å²) in [6.45, 7) is 2.23. The number of ether oxygens (including phenoxy) is 1. The fourth-order valence-electron chi connectivity index (χ4n) is 3.60. The van der Waals surface area contributed by atoms with E-state index in [0.717, 1.165) is 20.9 Å². The third kappa shape index (κ3) is 3.66. The van der Waals surface area contributed by atoms with Crippen LogP contribution in [0.1, 0.15) is 12.5 Å². The van der Waals surface area contributed by atoms with Crippen molar-refractivity contribution in [2.75, 3.05) is 6.61 Å². The molecule has 32 heavy (non-hydrogen) atoms. The van der Waals surface area contributed by atoms with Crippen LogP contribution in [0.2, 0.25) is 0 Å². The van der Waals surface area contributed by atoms with Crippen molar-refractivity contribution in [1.82, 2.24) is 24.1 Å². The molecule has 4 rings (SSSR count). The van der Waals surface area contributed by atoms with E-state index in [-0.39, 0.29) is 17.7 Å². The van der Waals surface area contributed by atoms with Gasteiger partial charge in [0.05, 0.1) is 19.1 Å². The summed E-state index contributed by atoms with van der Waals surface area (Å²) in [7, 11) is 2.91. The fourth-order valence-corrected chi connectivity index (χ4v) is 3.60.